The van der Waals surface area contributed by atoms with Gasteiger partial charge in [-0.1, -0.05) is 36.4 Å². The fourth-order valence-electron chi connectivity index (χ4n) is 3.21. The molecule has 4 nitrogen and oxygen atoms in total. The fourth-order valence-corrected chi connectivity index (χ4v) is 3.21. The van der Waals surface area contributed by atoms with Gasteiger partial charge in [-0.2, -0.15) is 0 Å². The summed E-state index contributed by atoms with van der Waals surface area (Å²) in [6, 6.07) is 16.2. The van der Waals surface area contributed by atoms with E-state index < -0.39 is 6.10 Å². The Morgan fingerprint density at radius 3 is 2.65 bits per heavy atom. The number of hydrogen-bond donors (Lipinski definition) is 1. The molecule has 1 aliphatic rings. The minimum atomic E-state index is -0.664. The lowest BCUT2D eigenvalue weighted by Gasteiger charge is -2.27. The van der Waals surface area contributed by atoms with Gasteiger partial charge >= 0.3 is 0 Å². The molecule has 1 heterocycles. The van der Waals surface area contributed by atoms with E-state index in [0.717, 1.165) is 25.2 Å². The Bertz CT molecular complexity index is 661. The largest absolute Gasteiger partial charge is 0.491 e. The van der Waals surface area contributed by atoms with Crippen LogP contribution in [0.2, 0.25) is 0 Å². The maximum absolute atomic E-state index is 14.0. The zero-order valence-corrected chi connectivity index (χ0v) is 14.9. The normalized spacial score (nSPS) is 18.2. The molecule has 0 aliphatic carbocycles. The van der Waals surface area contributed by atoms with Gasteiger partial charge < -0.3 is 14.6 Å². The first-order valence-corrected chi connectivity index (χ1v) is 9.14. The quantitative estimate of drug-likeness (QED) is 0.746. The minimum Gasteiger partial charge on any atom is -0.491 e. The SMILES string of the molecule is O[C@H](COc1ccccc1)CN(Cc1ccccc1F)C[C@H]1CCCO1. The Labute approximate surface area is 154 Å². The van der Waals surface area contributed by atoms with Crippen LogP contribution < -0.4 is 4.74 Å². The predicted molar refractivity (Wildman–Crippen MR) is 98.6 cm³/mol. The van der Waals surface area contributed by atoms with E-state index in [0.29, 0.717) is 25.2 Å². The van der Waals surface area contributed by atoms with Gasteiger partial charge in [-0.3, -0.25) is 4.90 Å². The Morgan fingerprint density at radius 2 is 1.92 bits per heavy atom. The van der Waals surface area contributed by atoms with Crippen LogP contribution in [0.15, 0.2) is 54.6 Å². The molecule has 140 valence electrons. The van der Waals surface area contributed by atoms with Gasteiger partial charge in [0.25, 0.3) is 0 Å². The van der Waals surface area contributed by atoms with E-state index in [4.69, 9.17) is 9.47 Å². The van der Waals surface area contributed by atoms with Crippen LogP contribution in [0.1, 0.15) is 18.4 Å². The lowest BCUT2D eigenvalue weighted by atomic mass is 10.1. The summed E-state index contributed by atoms with van der Waals surface area (Å²) in [5.41, 5.74) is 0.627. The Morgan fingerprint density at radius 1 is 1.15 bits per heavy atom. The summed E-state index contributed by atoms with van der Waals surface area (Å²) in [6.07, 6.45) is 1.54. The fraction of sp³-hybridized carbons (Fsp3) is 0.429. The van der Waals surface area contributed by atoms with Gasteiger partial charge in [-0.15, -0.1) is 0 Å². The molecule has 2 atom stereocenters. The number of aliphatic hydroxyl groups excluding tert-OH is 1. The molecular formula is C21H26FNO3. The van der Waals surface area contributed by atoms with Gasteiger partial charge in [0, 0.05) is 31.8 Å². The zero-order chi connectivity index (χ0) is 18.2. The van der Waals surface area contributed by atoms with Crippen molar-refractivity contribution in [2.24, 2.45) is 0 Å². The van der Waals surface area contributed by atoms with Crippen LogP contribution in [0.4, 0.5) is 4.39 Å². The third-order valence-corrected chi connectivity index (χ3v) is 4.49. The first kappa shape index (κ1) is 18.8. The van der Waals surface area contributed by atoms with Crippen molar-refractivity contribution in [3.05, 3.63) is 66.0 Å². The molecule has 26 heavy (non-hydrogen) atoms. The first-order valence-electron chi connectivity index (χ1n) is 9.14. The van der Waals surface area contributed by atoms with Crippen LogP contribution in [-0.2, 0) is 11.3 Å². The Kier molecular flexibility index (Phi) is 7.00. The molecule has 0 saturated carbocycles. The maximum atomic E-state index is 14.0. The van der Waals surface area contributed by atoms with Gasteiger partial charge in [0.1, 0.15) is 24.3 Å². The summed E-state index contributed by atoms with van der Waals surface area (Å²) < 4.78 is 25.4. The molecule has 0 aromatic heterocycles. The smallest absolute Gasteiger partial charge is 0.127 e. The van der Waals surface area contributed by atoms with Crippen molar-refractivity contribution in [2.45, 2.75) is 31.6 Å². The molecule has 1 saturated heterocycles. The van der Waals surface area contributed by atoms with E-state index in [9.17, 15) is 9.50 Å². The molecule has 2 aromatic rings. The van der Waals surface area contributed by atoms with E-state index in [1.807, 2.05) is 41.3 Å². The number of aliphatic hydroxyl groups is 1. The summed E-state index contributed by atoms with van der Waals surface area (Å²) in [6.45, 7) is 2.49. The molecular weight excluding hydrogens is 333 g/mol. The second-order valence-electron chi connectivity index (χ2n) is 6.70. The number of para-hydroxylation sites is 1. The number of nitrogens with zero attached hydrogens (tertiary/aromatic N) is 1. The standard InChI is InChI=1S/C21H26FNO3/c22-21-11-5-4-7-17(21)13-23(15-20-10-6-12-25-20)14-18(24)16-26-19-8-2-1-3-9-19/h1-5,7-9,11,18,20,24H,6,10,12-16H2/t18-,20+/m0/s1. The van der Waals surface area contributed by atoms with Crippen LogP contribution >= 0.6 is 0 Å². The minimum absolute atomic E-state index is 0.143. The zero-order valence-electron chi connectivity index (χ0n) is 14.9. The second-order valence-corrected chi connectivity index (χ2v) is 6.70. The number of halogens is 1. The van der Waals surface area contributed by atoms with Crippen LogP contribution in [-0.4, -0.2) is 48.5 Å². The van der Waals surface area contributed by atoms with Gasteiger partial charge in [-0.05, 0) is 31.0 Å². The molecule has 0 radical (unpaired) electrons. The van der Waals surface area contributed by atoms with Crippen molar-refractivity contribution >= 4 is 0 Å². The first-order chi connectivity index (χ1) is 12.7. The molecule has 0 amide bonds. The highest BCUT2D eigenvalue weighted by Crippen LogP contribution is 2.17. The summed E-state index contributed by atoms with van der Waals surface area (Å²) in [4.78, 5) is 2.05. The average molecular weight is 359 g/mol. The van der Waals surface area contributed by atoms with E-state index in [-0.39, 0.29) is 18.5 Å². The topological polar surface area (TPSA) is 41.9 Å². The number of benzene rings is 2. The molecule has 3 rings (SSSR count). The van der Waals surface area contributed by atoms with Crippen LogP contribution in [0, 0.1) is 5.82 Å². The Hall–Kier alpha value is -1.95. The van der Waals surface area contributed by atoms with Crippen molar-refractivity contribution in [3.8, 4) is 5.75 Å². The molecule has 0 bridgehead atoms. The molecule has 0 unspecified atom stereocenters. The third-order valence-electron chi connectivity index (χ3n) is 4.49. The summed E-state index contributed by atoms with van der Waals surface area (Å²) in [7, 11) is 0. The van der Waals surface area contributed by atoms with Crippen molar-refractivity contribution < 1.29 is 19.0 Å². The number of hydrogen-bond acceptors (Lipinski definition) is 4. The van der Waals surface area contributed by atoms with E-state index in [1.165, 1.54) is 6.07 Å². The highest BCUT2D eigenvalue weighted by atomic mass is 19.1. The van der Waals surface area contributed by atoms with Crippen LogP contribution in [0.3, 0.4) is 0 Å². The second kappa shape index (κ2) is 9.67. The van der Waals surface area contributed by atoms with Crippen molar-refractivity contribution in [3.63, 3.8) is 0 Å². The van der Waals surface area contributed by atoms with Gasteiger partial charge in [0.05, 0.1) is 6.10 Å². The van der Waals surface area contributed by atoms with Gasteiger partial charge in [0.2, 0.25) is 0 Å². The van der Waals surface area contributed by atoms with Gasteiger partial charge in [0.15, 0.2) is 0 Å². The molecule has 1 aliphatic heterocycles. The van der Waals surface area contributed by atoms with Gasteiger partial charge in [-0.25, -0.2) is 4.39 Å². The number of ether oxygens (including phenoxy) is 2. The van der Waals surface area contributed by atoms with E-state index in [2.05, 4.69) is 0 Å². The molecule has 1 N–H and O–H groups in total. The Balaban J connectivity index is 1.57. The van der Waals surface area contributed by atoms with Crippen LogP contribution in [0.5, 0.6) is 5.75 Å². The lowest BCUT2D eigenvalue weighted by Crippen LogP contribution is -2.39. The van der Waals surface area contributed by atoms with Crippen molar-refractivity contribution in [2.75, 3.05) is 26.3 Å². The summed E-state index contributed by atoms with van der Waals surface area (Å²) >= 11 is 0. The molecule has 5 heteroatoms. The number of rotatable bonds is 9. The van der Waals surface area contributed by atoms with Crippen molar-refractivity contribution in [1.82, 2.24) is 4.90 Å². The lowest BCUT2D eigenvalue weighted by molar-refractivity contribution is 0.0310. The van der Waals surface area contributed by atoms with Crippen molar-refractivity contribution in [1.29, 1.82) is 0 Å². The molecule has 2 aromatic carbocycles. The molecule has 1 fully saturated rings. The molecule has 0 spiro atoms. The summed E-state index contributed by atoms with van der Waals surface area (Å²) in [5.74, 6) is 0.506. The van der Waals surface area contributed by atoms with Crippen LogP contribution in [0.25, 0.3) is 0 Å². The highest BCUT2D eigenvalue weighted by molar-refractivity contribution is 5.21. The monoisotopic (exact) mass is 359 g/mol. The average Bonchev–Trinajstić information content (AvgIpc) is 3.16. The maximum Gasteiger partial charge on any atom is 0.127 e. The highest BCUT2D eigenvalue weighted by Gasteiger charge is 2.22. The predicted octanol–water partition coefficient (Wildman–Crippen LogP) is 3.25. The summed E-state index contributed by atoms with van der Waals surface area (Å²) in [5, 5.41) is 10.4. The van der Waals surface area contributed by atoms with E-state index in [1.54, 1.807) is 12.1 Å². The van der Waals surface area contributed by atoms with E-state index >= 15 is 0 Å². The third kappa shape index (κ3) is 5.80.